The number of hydrogen-bond acceptors (Lipinski definition) is 8. The third kappa shape index (κ3) is 7.69. The fourth-order valence-corrected chi connectivity index (χ4v) is 8.92. The Morgan fingerprint density at radius 1 is 1.08 bits per heavy atom. The SMILES string of the molecule is C=C[C@H]1C[C@]1(NC(=O)[C@@H]1C[C@@H]2CN1C(=O)[C@H](CCCC)NC(=O)CCCCCCc1cccc3c1CN(C3)C(=O)O2)C(=O)NS(=O)(=O)C1CC1. The summed E-state index contributed by atoms with van der Waals surface area (Å²) in [7, 11) is -3.88. The Kier molecular flexibility index (Phi) is 10.6. The van der Waals surface area contributed by atoms with Gasteiger partial charge >= 0.3 is 6.09 Å². The Labute approximate surface area is 294 Å². The Bertz CT molecular complexity index is 1640. The lowest BCUT2D eigenvalue weighted by Gasteiger charge is -2.30. The lowest BCUT2D eigenvalue weighted by Crippen LogP contribution is -2.58. The molecule has 3 N–H and O–H groups in total. The molecule has 3 heterocycles. The number of hydrogen-bond donors (Lipinski definition) is 3. The molecule has 0 aromatic heterocycles. The Balaban J connectivity index is 1.25. The zero-order chi connectivity index (χ0) is 35.6. The first kappa shape index (κ1) is 35.9. The highest BCUT2D eigenvalue weighted by Crippen LogP contribution is 2.45. The predicted molar refractivity (Wildman–Crippen MR) is 184 cm³/mol. The molecule has 2 saturated carbocycles. The van der Waals surface area contributed by atoms with Crippen LogP contribution in [0.2, 0.25) is 0 Å². The number of nitrogens with one attached hydrogen (secondary N) is 3. The third-order valence-electron chi connectivity index (χ3n) is 10.8. The smallest absolute Gasteiger partial charge is 0.410 e. The number of aryl methyl sites for hydroxylation is 1. The van der Waals surface area contributed by atoms with Gasteiger partial charge in [0, 0.05) is 31.8 Å². The molecule has 1 saturated heterocycles. The quantitative estimate of drug-likeness (QED) is 0.328. The van der Waals surface area contributed by atoms with Crippen molar-refractivity contribution in [1.29, 1.82) is 0 Å². The van der Waals surface area contributed by atoms with Crippen LogP contribution in [0.4, 0.5) is 4.79 Å². The number of benzene rings is 1. The van der Waals surface area contributed by atoms with E-state index in [2.05, 4.69) is 28.0 Å². The summed E-state index contributed by atoms with van der Waals surface area (Å²) in [4.78, 5) is 71.3. The fraction of sp³-hybridized carbons (Fsp3) is 0.639. The first-order chi connectivity index (χ1) is 24.0. The molecule has 4 bridgehead atoms. The van der Waals surface area contributed by atoms with Crippen molar-refractivity contribution < 1.29 is 37.1 Å². The van der Waals surface area contributed by atoms with Crippen molar-refractivity contribution in [2.24, 2.45) is 5.92 Å². The van der Waals surface area contributed by atoms with Gasteiger partial charge in [-0.3, -0.25) is 28.8 Å². The summed E-state index contributed by atoms with van der Waals surface area (Å²) >= 11 is 0. The van der Waals surface area contributed by atoms with Crippen LogP contribution in [0.1, 0.15) is 101 Å². The van der Waals surface area contributed by atoms with Crippen molar-refractivity contribution in [3.8, 4) is 0 Å². The molecule has 0 radical (unpaired) electrons. The molecule has 6 rings (SSSR count). The molecule has 14 heteroatoms. The molecule has 0 unspecified atom stereocenters. The van der Waals surface area contributed by atoms with E-state index < -0.39 is 68.7 Å². The van der Waals surface area contributed by atoms with E-state index in [1.807, 2.05) is 19.1 Å². The van der Waals surface area contributed by atoms with Crippen LogP contribution in [-0.2, 0) is 53.4 Å². The molecule has 3 fully saturated rings. The fourth-order valence-electron chi connectivity index (χ4n) is 7.55. The molecule has 13 nitrogen and oxygen atoms in total. The van der Waals surface area contributed by atoms with Crippen molar-refractivity contribution in [1.82, 2.24) is 25.2 Å². The zero-order valence-electron chi connectivity index (χ0n) is 28.8. The summed E-state index contributed by atoms with van der Waals surface area (Å²) in [6.07, 6.45) is 7.62. The minimum atomic E-state index is -3.88. The van der Waals surface area contributed by atoms with Crippen molar-refractivity contribution in [2.75, 3.05) is 6.54 Å². The van der Waals surface area contributed by atoms with Crippen LogP contribution < -0.4 is 15.4 Å². The number of carbonyl (C=O) groups is 5. The van der Waals surface area contributed by atoms with E-state index in [9.17, 15) is 32.4 Å². The van der Waals surface area contributed by atoms with E-state index >= 15 is 0 Å². The molecule has 272 valence electrons. The Hall–Kier alpha value is -3.94. The average molecular weight is 712 g/mol. The summed E-state index contributed by atoms with van der Waals surface area (Å²) in [5.74, 6) is -2.71. The van der Waals surface area contributed by atoms with Crippen LogP contribution >= 0.6 is 0 Å². The van der Waals surface area contributed by atoms with Gasteiger partial charge in [-0.15, -0.1) is 6.58 Å². The highest BCUT2D eigenvalue weighted by Gasteiger charge is 2.62. The minimum absolute atomic E-state index is 0.0272. The van der Waals surface area contributed by atoms with Gasteiger partial charge in [-0.1, -0.05) is 56.9 Å². The number of fused-ring (bicyclic) bond motifs is 3. The van der Waals surface area contributed by atoms with E-state index in [0.717, 1.165) is 43.2 Å². The number of unbranched alkanes of at least 4 members (excludes halogenated alkanes) is 1. The number of nitrogens with zero attached hydrogens (tertiary/aromatic N) is 2. The molecule has 2 aliphatic carbocycles. The second-order valence-electron chi connectivity index (χ2n) is 14.5. The summed E-state index contributed by atoms with van der Waals surface area (Å²) in [5.41, 5.74) is 1.85. The second-order valence-corrected chi connectivity index (χ2v) is 16.5. The Morgan fingerprint density at radius 2 is 1.82 bits per heavy atom. The van der Waals surface area contributed by atoms with E-state index in [-0.39, 0.29) is 31.7 Å². The van der Waals surface area contributed by atoms with Crippen molar-refractivity contribution in [3.05, 3.63) is 47.5 Å². The van der Waals surface area contributed by atoms with Gasteiger partial charge in [0.2, 0.25) is 27.7 Å². The second kappa shape index (κ2) is 14.7. The van der Waals surface area contributed by atoms with Crippen molar-refractivity contribution in [2.45, 2.75) is 132 Å². The molecule has 1 aromatic carbocycles. The van der Waals surface area contributed by atoms with Crippen LogP contribution in [0.5, 0.6) is 0 Å². The maximum absolute atomic E-state index is 14.2. The summed E-state index contributed by atoms with van der Waals surface area (Å²) < 4.78 is 33.4. The first-order valence-corrected chi connectivity index (χ1v) is 19.7. The number of ether oxygens (including phenoxy) is 1. The lowest BCUT2D eigenvalue weighted by molar-refractivity contribution is -0.142. The highest BCUT2D eigenvalue weighted by atomic mass is 32.2. The number of sulfonamides is 1. The molecule has 0 spiro atoms. The minimum Gasteiger partial charge on any atom is -0.444 e. The van der Waals surface area contributed by atoms with Gasteiger partial charge in [0.15, 0.2) is 0 Å². The van der Waals surface area contributed by atoms with E-state index in [1.54, 1.807) is 4.90 Å². The number of rotatable bonds is 9. The third-order valence-corrected chi connectivity index (χ3v) is 12.6. The summed E-state index contributed by atoms with van der Waals surface area (Å²) in [5, 5.41) is 5.05. The van der Waals surface area contributed by atoms with Crippen LogP contribution in [0.15, 0.2) is 30.9 Å². The lowest BCUT2D eigenvalue weighted by atomic mass is 9.98. The number of amides is 5. The standard InChI is InChI=1S/C36H49N5O8S/c1-3-5-14-29-33(44)41-21-26(18-30(41)32(43)38-36(19-25(36)4-2)34(45)39-50(47,48)27-16-17-27)49-35(46)40-20-24-13-10-12-23(28(24)22-40)11-8-6-7-9-15-31(42)37-29/h4,10,12-13,25-27,29-30H,2-3,5-9,11,14-22H2,1H3,(H,37,42)(H,38,43)(H,39,45)/t25-,26+,29-,30-,36+/m0/s1. The molecule has 1 aromatic rings. The molecule has 5 aliphatic rings. The normalized spacial score (nSPS) is 28.9. The maximum atomic E-state index is 14.2. The van der Waals surface area contributed by atoms with Crippen LogP contribution in [0.25, 0.3) is 0 Å². The van der Waals surface area contributed by atoms with Crippen molar-refractivity contribution >= 4 is 39.7 Å². The summed E-state index contributed by atoms with van der Waals surface area (Å²) in [6.45, 7) is 6.47. The van der Waals surface area contributed by atoms with E-state index in [0.29, 0.717) is 45.2 Å². The molecular weight excluding hydrogens is 662 g/mol. The molecule has 3 aliphatic heterocycles. The van der Waals surface area contributed by atoms with Gasteiger partial charge in [0.25, 0.3) is 5.91 Å². The van der Waals surface area contributed by atoms with Gasteiger partial charge in [-0.25, -0.2) is 13.2 Å². The largest absolute Gasteiger partial charge is 0.444 e. The molecular formula is C36H49N5O8S. The van der Waals surface area contributed by atoms with E-state index in [1.165, 1.54) is 16.5 Å². The van der Waals surface area contributed by atoms with Gasteiger partial charge in [0.05, 0.1) is 11.8 Å². The van der Waals surface area contributed by atoms with Gasteiger partial charge in [0.1, 0.15) is 23.7 Å². The highest BCUT2D eigenvalue weighted by molar-refractivity contribution is 7.91. The maximum Gasteiger partial charge on any atom is 0.410 e. The monoisotopic (exact) mass is 711 g/mol. The van der Waals surface area contributed by atoms with Crippen LogP contribution in [0, 0.1) is 5.92 Å². The number of carbonyl (C=O) groups excluding carboxylic acids is 5. The van der Waals surface area contributed by atoms with E-state index in [4.69, 9.17) is 4.74 Å². The van der Waals surface area contributed by atoms with Gasteiger partial charge in [-0.05, 0) is 61.6 Å². The molecule has 5 atom stereocenters. The molecule has 50 heavy (non-hydrogen) atoms. The average Bonchev–Trinajstić information content (AvgIpc) is 3.98. The van der Waals surface area contributed by atoms with Crippen LogP contribution in [-0.4, -0.2) is 83.5 Å². The van der Waals surface area contributed by atoms with Crippen molar-refractivity contribution in [3.63, 3.8) is 0 Å². The van der Waals surface area contributed by atoms with Gasteiger partial charge < -0.3 is 20.3 Å². The zero-order valence-corrected chi connectivity index (χ0v) is 29.6. The topological polar surface area (TPSA) is 171 Å². The van der Waals surface area contributed by atoms with Crippen LogP contribution in [0.3, 0.4) is 0 Å². The molecule has 5 amide bonds. The summed E-state index contributed by atoms with van der Waals surface area (Å²) in [6, 6.07) is 4.09. The predicted octanol–water partition coefficient (Wildman–Crippen LogP) is 2.96. The Morgan fingerprint density at radius 3 is 2.52 bits per heavy atom. The first-order valence-electron chi connectivity index (χ1n) is 18.1. The van der Waals surface area contributed by atoms with Gasteiger partial charge in [-0.2, -0.15) is 0 Å².